The number of rotatable bonds is 5. The molecule has 0 heterocycles. The highest BCUT2D eigenvalue weighted by molar-refractivity contribution is 5.94. The molecule has 1 aromatic rings. The van der Waals surface area contributed by atoms with Gasteiger partial charge in [-0.25, -0.2) is 0 Å². The van der Waals surface area contributed by atoms with Crippen LogP contribution in [0.4, 0.5) is 11.4 Å². The second-order valence-electron chi connectivity index (χ2n) is 4.14. The second-order valence-corrected chi connectivity index (χ2v) is 4.14. The van der Waals surface area contributed by atoms with Gasteiger partial charge < -0.3 is 15.8 Å². The van der Waals surface area contributed by atoms with Gasteiger partial charge in [-0.3, -0.25) is 4.79 Å². The molecule has 0 aromatic heterocycles. The molecule has 0 aliphatic rings. The molecule has 1 atom stereocenters. The summed E-state index contributed by atoms with van der Waals surface area (Å²) in [7, 11) is 1.56. The lowest BCUT2D eigenvalue weighted by molar-refractivity contribution is -0.119. The van der Waals surface area contributed by atoms with Gasteiger partial charge in [0.2, 0.25) is 5.91 Å². The van der Waals surface area contributed by atoms with Crippen LogP contribution in [0.2, 0.25) is 0 Å². The minimum Gasteiger partial charge on any atom is -0.494 e. The topological polar surface area (TPSA) is 64.4 Å². The van der Waals surface area contributed by atoms with Crippen molar-refractivity contribution in [3.63, 3.8) is 0 Å². The van der Waals surface area contributed by atoms with Crippen molar-refractivity contribution in [2.24, 2.45) is 5.92 Å². The highest BCUT2D eigenvalue weighted by atomic mass is 16.5. The summed E-state index contributed by atoms with van der Waals surface area (Å²) in [5.74, 6) is 0.597. The van der Waals surface area contributed by atoms with Gasteiger partial charge in [-0.2, -0.15) is 0 Å². The van der Waals surface area contributed by atoms with Crippen LogP contribution in [0, 0.1) is 5.92 Å². The molecule has 1 aromatic carbocycles. The van der Waals surface area contributed by atoms with Crippen molar-refractivity contribution in [3.8, 4) is 5.75 Å². The molecule has 0 saturated heterocycles. The predicted molar refractivity (Wildman–Crippen MR) is 70.1 cm³/mol. The molecule has 4 nitrogen and oxygen atoms in total. The van der Waals surface area contributed by atoms with Crippen molar-refractivity contribution >= 4 is 17.3 Å². The Morgan fingerprint density at radius 1 is 1.53 bits per heavy atom. The third kappa shape index (κ3) is 3.66. The number of nitrogens with one attached hydrogen (secondary N) is 1. The summed E-state index contributed by atoms with van der Waals surface area (Å²) in [6.07, 6.45) is 1.87. The average Bonchev–Trinajstić information content (AvgIpc) is 2.31. The third-order valence-corrected chi connectivity index (χ3v) is 2.65. The summed E-state index contributed by atoms with van der Waals surface area (Å²) in [6.45, 7) is 3.98. The van der Waals surface area contributed by atoms with E-state index in [-0.39, 0.29) is 11.8 Å². The first-order valence-electron chi connectivity index (χ1n) is 5.82. The normalized spacial score (nSPS) is 11.9. The molecule has 0 unspecified atom stereocenters. The average molecular weight is 236 g/mol. The zero-order valence-corrected chi connectivity index (χ0v) is 10.6. The van der Waals surface area contributed by atoms with Crippen LogP contribution >= 0.6 is 0 Å². The van der Waals surface area contributed by atoms with Crippen LogP contribution in [0.25, 0.3) is 0 Å². The lowest BCUT2D eigenvalue weighted by Crippen LogP contribution is -2.20. The number of ether oxygens (including phenoxy) is 1. The Balaban J connectivity index is 2.77. The van der Waals surface area contributed by atoms with Gasteiger partial charge >= 0.3 is 0 Å². The summed E-state index contributed by atoms with van der Waals surface area (Å²) in [5, 5.41) is 2.85. The van der Waals surface area contributed by atoms with Gasteiger partial charge in [0, 0.05) is 17.7 Å². The monoisotopic (exact) mass is 236 g/mol. The fourth-order valence-corrected chi connectivity index (χ4v) is 1.63. The van der Waals surface area contributed by atoms with E-state index in [1.54, 1.807) is 25.3 Å². The highest BCUT2D eigenvalue weighted by Crippen LogP contribution is 2.27. The maximum absolute atomic E-state index is 11.9. The summed E-state index contributed by atoms with van der Waals surface area (Å²) in [5.41, 5.74) is 6.92. The lowest BCUT2D eigenvalue weighted by atomic mass is 10.1. The molecule has 0 fully saturated rings. The number of benzene rings is 1. The molecule has 1 amide bonds. The van der Waals surface area contributed by atoms with Gasteiger partial charge in [-0.05, 0) is 18.6 Å². The van der Waals surface area contributed by atoms with Gasteiger partial charge in [0.1, 0.15) is 5.75 Å². The van der Waals surface area contributed by atoms with Gasteiger partial charge in [0.15, 0.2) is 0 Å². The molecular weight excluding hydrogens is 216 g/mol. The highest BCUT2D eigenvalue weighted by Gasteiger charge is 2.14. The minimum atomic E-state index is 0.00209. The zero-order valence-electron chi connectivity index (χ0n) is 10.6. The summed E-state index contributed by atoms with van der Waals surface area (Å²) >= 11 is 0. The fraction of sp³-hybridized carbons (Fsp3) is 0.462. The number of carbonyl (C=O) groups excluding carboxylic acids is 1. The largest absolute Gasteiger partial charge is 0.494 e. The molecule has 3 N–H and O–H groups in total. The van der Waals surface area contributed by atoms with E-state index >= 15 is 0 Å². The van der Waals surface area contributed by atoms with E-state index in [1.807, 2.05) is 6.92 Å². The molecule has 0 aliphatic carbocycles. The van der Waals surface area contributed by atoms with E-state index in [0.717, 1.165) is 12.8 Å². The van der Waals surface area contributed by atoms with Crippen LogP contribution < -0.4 is 15.8 Å². The van der Waals surface area contributed by atoms with Crippen molar-refractivity contribution in [2.75, 3.05) is 18.2 Å². The number of anilines is 2. The predicted octanol–water partition coefficient (Wildman–Crippen LogP) is 2.65. The Hall–Kier alpha value is -1.71. The van der Waals surface area contributed by atoms with E-state index in [2.05, 4.69) is 12.2 Å². The summed E-state index contributed by atoms with van der Waals surface area (Å²) < 4.78 is 5.17. The van der Waals surface area contributed by atoms with E-state index in [4.69, 9.17) is 10.5 Å². The summed E-state index contributed by atoms with van der Waals surface area (Å²) in [6, 6.07) is 5.19. The number of hydrogen-bond acceptors (Lipinski definition) is 3. The van der Waals surface area contributed by atoms with Gasteiger partial charge in [0.05, 0.1) is 12.8 Å². The van der Waals surface area contributed by atoms with Crippen LogP contribution in [0.5, 0.6) is 5.75 Å². The van der Waals surface area contributed by atoms with Crippen molar-refractivity contribution < 1.29 is 9.53 Å². The summed E-state index contributed by atoms with van der Waals surface area (Å²) in [4.78, 5) is 11.9. The van der Waals surface area contributed by atoms with Crippen molar-refractivity contribution in [2.45, 2.75) is 26.7 Å². The van der Waals surface area contributed by atoms with E-state index in [1.165, 1.54) is 0 Å². The molecule has 0 saturated carbocycles. The molecule has 1 rings (SSSR count). The van der Waals surface area contributed by atoms with Crippen molar-refractivity contribution in [1.82, 2.24) is 0 Å². The molecule has 94 valence electrons. The molecule has 0 aliphatic heterocycles. The first-order valence-corrected chi connectivity index (χ1v) is 5.82. The van der Waals surface area contributed by atoms with Gasteiger partial charge in [-0.15, -0.1) is 0 Å². The van der Waals surface area contributed by atoms with Crippen LogP contribution in [0.3, 0.4) is 0 Å². The molecular formula is C13H20N2O2. The van der Waals surface area contributed by atoms with E-state index in [9.17, 15) is 4.79 Å². The minimum absolute atomic E-state index is 0.00209. The Morgan fingerprint density at radius 2 is 2.24 bits per heavy atom. The quantitative estimate of drug-likeness (QED) is 0.772. The third-order valence-electron chi connectivity index (χ3n) is 2.65. The number of methoxy groups -OCH3 is 1. The molecule has 17 heavy (non-hydrogen) atoms. The van der Waals surface area contributed by atoms with Crippen molar-refractivity contribution in [1.29, 1.82) is 0 Å². The first kappa shape index (κ1) is 13.4. The van der Waals surface area contributed by atoms with E-state index < -0.39 is 0 Å². The van der Waals surface area contributed by atoms with Crippen LogP contribution in [0.15, 0.2) is 18.2 Å². The second kappa shape index (κ2) is 6.13. The molecule has 4 heteroatoms. The molecule has 0 spiro atoms. The van der Waals surface area contributed by atoms with Gasteiger partial charge in [-0.1, -0.05) is 20.3 Å². The molecule has 0 radical (unpaired) electrons. The van der Waals surface area contributed by atoms with Crippen LogP contribution in [0.1, 0.15) is 26.7 Å². The van der Waals surface area contributed by atoms with Crippen LogP contribution in [-0.2, 0) is 4.79 Å². The van der Waals surface area contributed by atoms with Crippen LogP contribution in [-0.4, -0.2) is 13.0 Å². The van der Waals surface area contributed by atoms with Gasteiger partial charge in [0.25, 0.3) is 0 Å². The van der Waals surface area contributed by atoms with Crippen molar-refractivity contribution in [3.05, 3.63) is 18.2 Å². The Kier molecular flexibility index (Phi) is 4.82. The van der Waals surface area contributed by atoms with E-state index in [0.29, 0.717) is 17.1 Å². The lowest BCUT2D eigenvalue weighted by Gasteiger charge is -2.14. The Morgan fingerprint density at radius 3 is 2.82 bits per heavy atom. The molecule has 0 bridgehead atoms. The maximum Gasteiger partial charge on any atom is 0.227 e. The number of hydrogen-bond donors (Lipinski definition) is 2. The zero-order chi connectivity index (χ0) is 12.8. The SMILES string of the molecule is CCC[C@@H](C)C(=O)Nc1ccc(N)cc1OC. The maximum atomic E-state index is 11.9. The Bertz CT molecular complexity index is 391. The number of nitrogen functional groups attached to an aromatic ring is 1. The number of nitrogens with two attached hydrogens (primary N) is 1. The number of amides is 1. The standard InChI is InChI=1S/C13H20N2O2/c1-4-5-9(2)13(16)15-11-7-6-10(14)8-12(11)17-3/h6-9H,4-5,14H2,1-3H3,(H,15,16)/t9-/m1/s1. The smallest absolute Gasteiger partial charge is 0.227 e. The first-order chi connectivity index (χ1) is 8.08. The number of carbonyl (C=O) groups is 1. The fourth-order valence-electron chi connectivity index (χ4n) is 1.63. The Labute approximate surface area is 102 Å².